The van der Waals surface area contributed by atoms with Gasteiger partial charge in [0, 0.05) is 44.7 Å². The quantitative estimate of drug-likeness (QED) is 0.580. The lowest BCUT2D eigenvalue weighted by atomic mass is 9.94. The van der Waals surface area contributed by atoms with Crippen molar-refractivity contribution in [2.24, 2.45) is 0 Å². The summed E-state index contributed by atoms with van der Waals surface area (Å²) in [6.07, 6.45) is 2.30. The molecule has 1 aromatic heterocycles. The minimum Gasteiger partial charge on any atom is -0.454 e. The Hall–Kier alpha value is -3.65. The molecule has 35 heavy (non-hydrogen) atoms. The number of piperazine rings is 1. The third kappa shape index (κ3) is 4.08. The van der Waals surface area contributed by atoms with Gasteiger partial charge in [0.25, 0.3) is 5.91 Å². The highest BCUT2D eigenvalue weighted by Gasteiger charge is 2.26. The van der Waals surface area contributed by atoms with E-state index in [0.717, 1.165) is 66.6 Å². The molecule has 1 aliphatic carbocycles. The number of nitrogens with zero attached hydrogens (tertiary/aromatic N) is 4. The van der Waals surface area contributed by atoms with Crippen molar-refractivity contribution in [1.29, 1.82) is 0 Å². The third-order valence-corrected chi connectivity index (χ3v) is 7.11. The minimum atomic E-state index is 0.0492. The lowest BCUT2D eigenvalue weighted by molar-refractivity contribution is 0.0628. The second kappa shape index (κ2) is 8.85. The molecule has 3 aliphatic rings. The SMILES string of the molecule is Cc1nn(-c2ccc(C(=O)N3CCN(Cc4ccc5c(c4)OCO5)CC3)cc2)c2c1C(=O)CCC2. The second-order valence-electron chi connectivity index (χ2n) is 9.40. The summed E-state index contributed by atoms with van der Waals surface area (Å²) in [5, 5.41) is 4.62. The molecule has 0 saturated carbocycles. The van der Waals surface area contributed by atoms with Crippen LogP contribution < -0.4 is 9.47 Å². The molecule has 8 heteroatoms. The van der Waals surface area contributed by atoms with Gasteiger partial charge in [-0.3, -0.25) is 14.5 Å². The summed E-state index contributed by atoms with van der Waals surface area (Å²) in [5.74, 6) is 1.83. The van der Waals surface area contributed by atoms with Gasteiger partial charge in [-0.15, -0.1) is 0 Å². The van der Waals surface area contributed by atoms with Crippen molar-refractivity contribution in [1.82, 2.24) is 19.6 Å². The molecule has 0 atom stereocenters. The molecule has 0 radical (unpaired) electrons. The first-order valence-electron chi connectivity index (χ1n) is 12.2. The molecule has 0 bridgehead atoms. The lowest BCUT2D eigenvalue weighted by Gasteiger charge is -2.34. The van der Waals surface area contributed by atoms with Gasteiger partial charge in [-0.05, 0) is 61.7 Å². The fourth-order valence-corrected chi connectivity index (χ4v) is 5.26. The van der Waals surface area contributed by atoms with E-state index in [1.807, 2.05) is 52.9 Å². The number of aryl methyl sites for hydroxylation is 1. The average Bonchev–Trinajstić information content (AvgIpc) is 3.49. The van der Waals surface area contributed by atoms with E-state index >= 15 is 0 Å². The van der Waals surface area contributed by atoms with E-state index in [4.69, 9.17) is 9.47 Å². The number of ether oxygens (including phenoxy) is 2. The first kappa shape index (κ1) is 21.9. The summed E-state index contributed by atoms with van der Waals surface area (Å²) < 4.78 is 12.7. The number of carbonyl (C=O) groups excluding carboxylic acids is 2. The first-order chi connectivity index (χ1) is 17.1. The molecule has 3 aromatic rings. The molecule has 6 rings (SSSR count). The summed E-state index contributed by atoms with van der Waals surface area (Å²) in [7, 11) is 0. The van der Waals surface area contributed by atoms with Crippen molar-refractivity contribution in [2.45, 2.75) is 32.7 Å². The second-order valence-corrected chi connectivity index (χ2v) is 9.40. The number of carbonyl (C=O) groups is 2. The highest BCUT2D eigenvalue weighted by Crippen LogP contribution is 2.33. The van der Waals surface area contributed by atoms with Gasteiger partial charge < -0.3 is 14.4 Å². The summed E-state index contributed by atoms with van der Waals surface area (Å²) in [6, 6.07) is 13.6. The number of fused-ring (bicyclic) bond motifs is 2. The minimum absolute atomic E-state index is 0.0492. The van der Waals surface area contributed by atoms with Gasteiger partial charge in [0.2, 0.25) is 6.79 Å². The van der Waals surface area contributed by atoms with E-state index in [1.54, 1.807) is 0 Å². The van der Waals surface area contributed by atoms with Crippen LogP contribution in [0.4, 0.5) is 0 Å². The van der Waals surface area contributed by atoms with E-state index in [0.29, 0.717) is 25.1 Å². The summed E-state index contributed by atoms with van der Waals surface area (Å²) >= 11 is 0. The molecule has 2 aromatic carbocycles. The normalized spacial score (nSPS) is 17.5. The van der Waals surface area contributed by atoms with E-state index in [1.165, 1.54) is 5.56 Å². The van der Waals surface area contributed by atoms with Crippen LogP contribution >= 0.6 is 0 Å². The highest BCUT2D eigenvalue weighted by atomic mass is 16.7. The molecule has 180 valence electrons. The molecule has 8 nitrogen and oxygen atoms in total. The maximum Gasteiger partial charge on any atom is 0.253 e. The van der Waals surface area contributed by atoms with Crippen molar-refractivity contribution >= 4 is 11.7 Å². The van der Waals surface area contributed by atoms with Gasteiger partial charge in [-0.2, -0.15) is 5.10 Å². The Morgan fingerprint density at radius 3 is 2.54 bits per heavy atom. The van der Waals surface area contributed by atoms with E-state index in [-0.39, 0.29) is 18.5 Å². The molecule has 2 aliphatic heterocycles. The van der Waals surface area contributed by atoms with Crippen molar-refractivity contribution in [2.75, 3.05) is 33.0 Å². The average molecular weight is 473 g/mol. The van der Waals surface area contributed by atoms with Crippen molar-refractivity contribution in [3.05, 3.63) is 70.5 Å². The van der Waals surface area contributed by atoms with E-state index in [2.05, 4.69) is 16.1 Å². The van der Waals surface area contributed by atoms with Crippen LogP contribution in [0.1, 0.15) is 50.5 Å². The molecule has 1 fully saturated rings. The van der Waals surface area contributed by atoms with Gasteiger partial charge in [-0.25, -0.2) is 4.68 Å². The van der Waals surface area contributed by atoms with Crippen LogP contribution in [0.25, 0.3) is 5.69 Å². The lowest BCUT2D eigenvalue weighted by Crippen LogP contribution is -2.48. The number of benzene rings is 2. The third-order valence-electron chi connectivity index (χ3n) is 7.11. The summed E-state index contributed by atoms with van der Waals surface area (Å²) in [6.45, 7) is 6.03. The van der Waals surface area contributed by atoms with Gasteiger partial charge in [0.15, 0.2) is 17.3 Å². The van der Waals surface area contributed by atoms with E-state index < -0.39 is 0 Å². The Labute approximate surface area is 204 Å². The van der Waals surface area contributed by atoms with Gasteiger partial charge in [0.05, 0.1) is 22.6 Å². The topological polar surface area (TPSA) is 76.9 Å². The molecule has 0 spiro atoms. The molecular weight excluding hydrogens is 444 g/mol. The number of Topliss-reactive ketones (excluding diaryl/α,β-unsaturated/α-hetero) is 1. The van der Waals surface area contributed by atoms with E-state index in [9.17, 15) is 9.59 Å². The molecule has 0 N–H and O–H groups in total. The highest BCUT2D eigenvalue weighted by molar-refractivity contribution is 5.99. The molecule has 0 unspecified atom stereocenters. The summed E-state index contributed by atoms with van der Waals surface area (Å²) in [5.41, 5.74) is 5.28. The van der Waals surface area contributed by atoms with Crippen molar-refractivity contribution in [3.8, 4) is 17.2 Å². The zero-order valence-corrected chi connectivity index (χ0v) is 19.8. The number of amides is 1. The van der Waals surface area contributed by atoms with Crippen LogP contribution in [0, 0.1) is 6.92 Å². The zero-order valence-electron chi connectivity index (χ0n) is 19.8. The number of hydrogen-bond donors (Lipinski definition) is 0. The largest absolute Gasteiger partial charge is 0.454 e. The Morgan fingerprint density at radius 2 is 1.74 bits per heavy atom. The van der Waals surface area contributed by atoms with Crippen LogP contribution in [0.2, 0.25) is 0 Å². The van der Waals surface area contributed by atoms with Crippen LogP contribution in [-0.2, 0) is 13.0 Å². The predicted octanol–water partition coefficient (Wildman–Crippen LogP) is 3.39. The predicted molar refractivity (Wildman–Crippen MR) is 129 cm³/mol. The maximum atomic E-state index is 13.1. The van der Waals surface area contributed by atoms with Crippen LogP contribution in [-0.4, -0.2) is 64.2 Å². The van der Waals surface area contributed by atoms with Crippen molar-refractivity contribution in [3.63, 3.8) is 0 Å². The smallest absolute Gasteiger partial charge is 0.253 e. The van der Waals surface area contributed by atoms with Crippen LogP contribution in [0.15, 0.2) is 42.5 Å². The number of hydrogen-bond acceptors (Lipinski definition) is 6. The Morgan fingerprint density at radius 1 is 0.971 bits per heavy atom. The molecule has 1 amide bonds. The zero-order chi connectivity index (χ0) is 23.9. The van der Waals surface area contributed by atoms with Crippen molar-refractivity contribution < 1.29 is 19.1 Å². The van der Waals surface area contributed by atoms with Crippen LogP contribution in [0.3, 0.4) is 0 Å². The summed E-state index contributed by atoms with van der Waals surface area (Å²) in [4.78, 5) is 29.7. The van der Waals surface area contributed by atoms with Gasteiger partial charge in [0.1, 0.15) is 0 Å². The maximum absolute atomic E-state index is 13.1. The molecular formula is C27H28N4O4. The van der Waals surface area contributed by atoms with Gasteiger partial charge >= 0.3 is 0 Å². The molecule has 1 saturated heterocycles. The number of ketones is 1. The fraction of sp³-hybridized carbons (Fsp3) is 0.370. The first-order valence-corrected chi connectivity index (χ1v) is 12.2. The standard InChI is InChI=1S/C27H28N4O4/c1-18-26-22(3-2-4-23(26)32)31(28-18)21-8-6-20(7-9-21)27(33)30-13-11-29(12-14-30)16-19-5-10-24-25(15-19)35-17-34-24/h5-10,15H,2-4,11-14,16-17H2,1H3. The fourth-order valence-electron chi connectivity index (χ4n) is 5.26. The number of rotatable bonds is 4. The number of aromatic nitrogens is 2. The van der Waals surface area contributed by atoms with Gasteiger partial charge in [-0.1, -0.05) is 6.07 Å². The molecule has 3 heterocycles. The Kier molecular flexibility index (Phi) is 5.53. The Bertz CT molecular complexity index is 1290. The van der Waals surface area contributed by atoms with Crippen LogP contribution in [0.5, 0.6) is 11.5 Å². The Balaban J connectivity index is 1.09. The monoisotopic (exact) mass is 472 g/mol.